The Kier molecular flexibility index (Phi) is 2.89. The molecule has 0 unspecified atom stereocenters. The van der Waals surface area contributed by atoms with Gasteiger partial charge in [-0.15, -0.1) is 0 Å². The zero-order valence-corrected chi connectivity index (χ0v) is 12.4. The highest BCUT2D eigenvalue weighted by atomic mass is 15.1. The lowest BCUT2D eigenvalue weighted by atomic mass is 10.0. The smallest absolute Gasteiger partial charge is 0.237 e. The molecule has 20 heavy (non-hydrogen) atoms. The van der Waals surface area contributed by atoms with E-state index in [4.69, 9.17) is 5.73 Å². The molecule has 4 heteroatoms. The van der Waals surface area contributed by atoms with Gasteiger partial charge in [0.1, 0.15) is 5.82 Å². The number of hydrogen-bond donors (Lipinski definition) is 1. The highest BCUT2D eigenvalue weighted by Crippen LogP contribution is 2.27. The quantitative estimate of drug-likeness (QED) is 0.772. The first-order chi connectivity index (χ1) is 9.51. The summed E-state index contributed by atoms with van der Waals surface area (Å²) < 4.78 is 2.15. The maximum Gasteiger partial charge on any atom is 0.237 e. The molecule has 1 aromatic carbocycles. The number of nitrogens with zero attached hydrogens (tertiary/aromatic N) is 3. The van der Waals surface area contributed by atoms with Gasteiger partial charge in [0.05, 0.1) is 11.0 Å². The number of anilines is 1. The van der Waals surface area contributed by atoms with Crippen LogP contribution in [-0.4, -0.2) is 14.4 Å². The lowest BCUT2D eigenvalue weighted by Gasteiger charge is -2.13. The number of imidazole rings is 1. The minimum absolute atomic E-state index is 0.418. The fraction of sp³-hybridized carbons (Fsp3) is 0.375. The summed E-state index contributed by atoms with van der Waals surface area (Å²) in [7, 11) is 0. The first kappa shape index (κ1) is 12.9. The molecule has 0 spiro atoms. The van der Waals surface area contributed by atoms with E-state index < -0.39 is 0 Å². The zero-order valence-electron chi connectivity index (χ0n) is 12.4. The van der Waals surface area contributed by atoms with Crippen molar-refractivity contribution < 1.29 is 0 Å². The molecule has 0 bridgehead atoms. The van der Waals surface area contributed by atoms with Crippen LogP contribution in [0.1, 0.15) is 43.0 Å². The summed E-state index contributed by atoms with van der Waals surface area (Å²) in [5, 5.41) is 0. The Hall–Kier alpha value is -2.10. The predicted octanol–water partition coefficient (Wildman–Crippen LogP) is 3.60. The van der Waals surface area contributed by atoms with Crippen LogP contribution in [0.5, 0.6) is 0 Å². The summed E-state index contributed by atoms with van der Waals surface area (Å²) in [5.74, 6) is 1.65. The van der Waals surface area contributed by atoms with Gasteiger partial charge in [-0.2, -0.15) is 4.98 Å². The highest BCUT2D eigenvalue weighted by Gasteiger charge is 2.15. The van der Waals surface area contributed by atoms with Crippen molar-refractivity contribution in [3.8, 4) is 0 Å². The SMILES string of the molecule is CC[C@@H](C)c1cc(N)nc2nc3cc(C)c(C)cc3n12. The average molecular weight is 268 g/mol. The molecule has 0 amide bonds. The number of nitrogen functional groups attached to an aromatic ring is 1. The molecule has 0 aliphatic heterocycles. The fourth-order valence-electron chi connectivity index (χ4n) is 2.58. The van der Waals surface area contributed by atoms with Crippen molar-refractivity contribution in [3.63, 3.8) is 0 Å². The number of hydrogen-bond acceptors (Lipinski definition) is 3. The first-order valence-corrected chi connectivity index (χ1v) is 7.07. The molecule has 2 aromatic heterocycles. The molecule has 3 aromatic rings. The van der Waals surface area contributed by atoms with E-state index in [-0.39, 0.29) is 0 Å². The van der Waals surface area contributed by atoms with Gasteiger partial charge in [-0.3, -0.25) is 4.40 Å². The van der Waals surface area contributed by atoms with Crippen LogP contribution in [0.25, 0.3) is 16.8 Å². The second-order valence-corrected chi connectivity index (χ2v) is 5.59. The number of aromatic nitrogens is 3. The van der Waals surface area contributed by atoms with Crippen LogP contribution in [0.15, 0.2) is 18.2 Å². The zero-order chi connectivity index (χ0) is 14.4. The van der Waals surface area contributed by atoms with Gasteiger partial charge in [0.2, 0.25) is 5.78 Å². The fourth-order valence-corrected chi connectivity index (χ4v) is 2.58. The molecule has 0 radical (unpaired) electrons. The first-order valence-electron chi connectivity index (χ1n) is 7.07. The van der Waals surface area contributed by atoms with Gasteiger partial charge in [-0.25, -0.2) is 4.98 Å². The monoisotopic (exact) mass is 268 g/mol. The van der Waals surface area contributed by atoms with E-state index >= 15 is 0 Å². The van der Waals surface area contributed by atoms with Crippen LogP contribution in [0.4, 0.5) is 5.82 Å². The van der Waals surface area contributed by atoms with Gasteiger partial charge in [-0.1, -0.05) is 13.8 Å². The van der Waals surface area contributed by atoms with Crippen molar-refractivity contribution in [2.24, 2.45) is 0 Å². The number of benzene rings is 1. The second kappa shape index (κ2) is 4.47. The molecular formula is C16H20N4. The third-order valence-corrected chi connectivity index (χ3v) is 4.15. The molecule has 0 aliphatic carbocycles. The van der Waals surface area contributed by atoms with Crippen molar-refractivity contribution in [1.82, 2.24) is 14.4 Å². The predicted molar refractivity (Wildman–Crippen MR) is 83.1 cm³/mol. The Labute approximate surface area is 118 Å². The lowest BCUT2D eigenvalue weighted by molar-refractivity contribution is 0.698. The number of rotatable bonds is 2. The molecule has 3 rings (SSSR count). The molecule has 4 nitrogen and oxygen atoms in total. The molecule has 0 saturated heterocycles. The van der Waals surface area contributed by atoms with Crippen LogP contribution < -0.4 is 5.73 Å². The molecule has 0 fully saturated rings. The van der Waals surface area contributed by atoms with E-state index in [0.717, 1.165) is 17.5 Å². The Balaban J connectivity index is 2.46. The van der Waals surface area contributed by atoms with Crippen LogP contribution in [0, 0.1) is 13.8 Å². The number of nitrogens with two attached hydrogens (primary N) is 1. The minimum Gasteiger partial charge on any atom is -0.384 e. The maximum absolute atomic E-state index is 5.93. The molecule has 2 heterocycles. The van der Waals surface area contributed by atoms with Crippen LogP contribution >= 0.6 is 0 Å². The normalized spacial score (nSPS) is 13.2. The standard InChI is InChI=1S/C16H20N4/c1-5-9(2)13-8-15(17)19-16-18-12-6-10(3)11(4)7-14(12)20(13)16/h6-9H,5H2,1-4H3,(H2,17,18,19)/t9-/m1/s1. The van der Waals surface area contributed by atoms with Crippen LogP contribution in [0.2, 0.25) is 0 Å². The van der Waals surface area contributed by atoms with Crippen molar-refractivity contribution >= 4 is 22.6 Å². The molecule has 0 saturated carbocycles. The van der Waals surface area contributed by atoms with E-state index in [1.54, 1.807) is 0 Å². The lowest BCUT2D eigenvalue weighted by Crippen LogP contribution is -2.05. The van der Waals surface area contributed by atoms with E-state index in [0.29, 0.717) is 17.5 Å². The molecule has 2 N–H and O–H groups in total. The topological polar surface area (TPSA) is 56.2 Å². The summed E-state index contributed by atoms with van der Waals surface area (Å²) in [6.07, 6.45) is 1.06. The highest BCUT2D eigenvalue weighted by molar-refractivity contribution is 5.82. The largest absolute Gasteiger partial charge is 0.384 e. The average Bonchev–Trinajstić information content (AvgIpc) is 2.74. The molecule has 1 atom stereocenters. The molecule has 0 aliphatic rings. The summed E-state index contributed by atoms with van der Waals surface area (Å²) in [6.45, 7) is 8.63. The van der Waals surface area contributed by atoms with Gasteiger partial charge in [0.25, 0.3) is 0 Å². The van der Waals surface area contributed by atoms with Crippen LogP contribution in [0.3, 0.4) is 0 Å². The van der Waals surface area contributed by atoms with Gasteiger partial charge in [0, 0.05) is 11.8 Å². The van der Waals surface area contributed by atoms with Crippen molar-refractivity contribution in [3.05, 3.63) is 35.0 Å². The number of aryl methyl sites for hydroxylation is 2. The Morgan fingerprint density at radius 2 is 1.85 bits per heavy atom. The summed E-state index contributed by atoms with van der Waals surface area (Å²) in [5.41, 5.74) is 11.7. The van der Waals surface area contributed by atoms with Crippen molar-refractivity contribution in [2.45, 2.75) is 40.0 Å². The van der Waals surface area contributed by atoms with Gasteiger partial charge in [-0.05, 0) is 49.4 Å². The van der Waals surface area contributed by atoms with Gasteiger partial charge < -0.3 is 5.73 Å². The van der Waals surface area contributed by atoms with Crippen molar-refractivity contribution in [2.75, 3.05) is 5.73 Å². The van der Waals surface area contributed by atoms with Crippen LogP contribution in [-0.2, 0) is 0 Å². The summed E-state index contributed by atoms with van der Waals surface area (Å²) >= 11 is 0. The minimum atomic E-state index is 0.418. The Bertz CT molecular complexity index is 801. The third kappa shape index (κ3) is 1.83. The second-order valence-electron chi connectivity index (χ2n) is 5.59. The van der Waals surface area contributed by atoms with E-state index in [9.17, 15) is 0 Å². The summed E-state index contributed by atoms with van der Waals surface area (Å²) in [6, 6.07) is 6.28. The van der Waals surface area contributed by atoms with E-state index in [2.05, 4.69) is 54.2 Å². The summed E-state index contributed by atoms with van der Waals surface area (Å²) in [4.78, 5) is 9.01. The van der Waals surface area contributed by atoms with E-state index in [1.807, 2.05) is 6.07 Å². The van der Waals surface area contributed by atoms with Gasteiger partial charge >= 0.3 is 0 Å². The third-order valence-electron chi connectivity index (χ3n) is 4.15. The Morgan fingerprint density at radius 1 is 1.15 bits per heavy atom. The van der Waals surface area contributed by atoms with E-state index in [1.165, 1.54) is 16.8 Å². The van der Waals surface area contributed by atoms with Gasteiger partial charge in [0.15, 0.2) is 0 Å². The molecular weight excluding hydrogens is 248 g/mol. The van der Waals surface area contributed by atoms with Crippen molar-refractivity contribution in [1.29, 1.82) is 0 Å². The Morgan fingerprint density at radius 3 is 2.55 bits per heavy atom. The molecule has 104 valence electrons. The maximum atomic E-state index is 5.93. The number of fused-ring (bicyclic) bond motifs is 3.